The lowest BCUT2D eigenvalue weighted by Crippen LogP contribution is -2.12. The van der Waals surface area contributed by atoms with Crippen LogP contribution in [-0.4, -0.2) is 15.9 Å². The van der Waals surface area contributed by atoms with Crippen molar-refractivity contribution in [2.75, 3.05) is 5.32 Å². The van der Waals surface area contributed by atoms with E-state index in [0.29, 0.717) is 5.56 Å². The molecule has 0 aliphatic rings. The Balaban J connectivity index is 2.14. The molecule has 0 fully saturated rings. The first-order valence-corrected chi connectivity index (χ1v) is 5.65. The van der Waals surface area contributed by atoms with Crippen molar-refractivity contribution in [3.05, 3.63) is 52.1 Å². The van der Waals surface area contributed by atoms with Crippen LogP contribution in [0.2, 0.25) is 0 Å². The number of nitrogens with zero attached hydrogens (tertiary/aromatic N) is 2. The molecule has 0 aliphatic carbocycles. The molecule has 4 nitrogen and oxygen atoms in total. The lowest BCUT2D eigenvalue weighted by atomic mass is 10.3. The highest BCUT2D eigenvalue weighted by Crippen LogP contribution is 2.13. The zero-order chi connectivity index (χ0) is 11.4. The lowest BCUT2D eigenvalue weighted by Gasteiger charge is -2.04. The highest BCUT2D eigenvalue weighted by molar-refractivity contribution is 14.1. The first kappa shape index (κ1) is 11.0. The molecule has 0 saturated carbocycles. The van der Waals surface area contributed by atoms with Gasteiger partial charge in [-0.3, -0.25) is 4.79 Å². The molecule has 16 heavy (non-hydrogen) atoms. The maximum atomic E-state index is 11.7. The van der Waals surface area contributed by atoms with Gasteiger partial charge in [-0.15, -0.1) is 0 Å². The van der Waals surface area contributed by atoms with Crippen molar-refractivity contribution < 1.29 is 4.79 Å². The molecule has 0 aliphatic heterocycles. The van der Waals surface area contributed by atoms with Gasteiger partial charge in [0, 0.05) is 21.7 Å². The van der Waals surface area contributed by atoms with Gasteiger partial charge in [-0.2, -0.15) is 0 Å². The van der Waals surface area contributed by atoms with Gasteiger partial charge in [-0.1, -0.05) is 6.07 Å². The molecule has 5 heteroatoms. The fourth-order valence-electron chi connectivity index (χ4n) is 1.19. The van der Waals surface area contributed by atoms with Gasteiger partial charge in [0.05, 0.1) is 5.56 Å². The number of carbonyl (C=O) groups excluding carboxylic acids is 1. The number of nitrogens with one attached hydrogen (secondary N) is 1. The molecule has 1 aromatic heterocycles. The fraction of sp³-hybridized carbons (Fsp3) is 0. The Morgan fingerprint density at radius 1 is 1.25 bits per heavy atom. The van der Waals surface area contributed by atoms with Crippen molar-refractivity contribution in [1.29, 1.82) is 0 Å². The molecule has 2 aromatic rings. The third-order valence-corrected chi connectivity index (χ3v) is 2.58. The Morgan fingerprint density at radius 2 is 2.00 bits per heavy atom. The van der Waals surface area contributed by atoms with Gasteiger partial charge in [0.2, 0.25) is 0 Å². The van der Waals surface area contributed by atoms with Gasteiger partial charge in [0.25, 0.3) is 5.91 Å². The van der Waals surface area contributed by atoms with Crippen molar-refractivity contribution in [2.45, 2.75) is 0 Å². The van der Waals surface area contributed by atoms with Crippen LogP contribution in [0.4, 0.5) is 5.69 Å². The average Bonchev–Trinajstić information content (AvgIpc) is 2.30. The molecular formula is C11H8IN3O. The Kier molecular flexibility index (Phi) is 3.45. The second-order valence-electron chi connectivity index (χ2n) is 3.09. The van der Waals surface area contributed by atoms with Crippen molar-refractivity contribution in [1.82, 2.24) is 9.97 Å². The van der Waals surface area contributed by atoms with E-state index in [1.54, 1.807) is 0 Å². The Morgan fingerprint density at radius 3 is 2.69 bits per heavy atom. The van der Waals surface area contributed by atoms with Gasteiger partial charge in [0.15, 0.2) is 0 Å². The van der Waals surface area contributed by atoms with E-state index in [-0.39, 0.29) is 5.91 Å². The highest BCUT2D eigenvalue weighted by atomic mass is 127. The summed E-state index contributed by atoms with van der Waals surface area (Å²) in [6.07, 6.45) is 4.36. The van der Waals surface area contributed by atoms with Gasteiger partial charge in [0.1, 0.15) is 6.33 Å². The second-order valence-corrected chi connectivity index (χ2v) is 4.34. The van der Waals surface area contributed by atoms with Crippen LogP contribution in [0, 0.1) is 3.57 Å². The maximum absolute atomic E-state index is 11.7. The van der Waals surface area contributed by atoms with Crippen LogP contribution >= 0.6 is 22.6 Å². The van der Waals surface area contributed by atoms with E-state index < -0.39 is 0 Å². The van der Waals surface area contributed by atoms with Gasteiger partial charge in [-0.25, -0.2) is 9.97 Å². The number of carbonyl (C=O) groups is 1. The Bertz CT molecular complexity index is 502. The summed E-state index contributed by atoms with van der Waals surface area (Å²) in [5.74, 6) is -0.206. The molecule has 0 saturated heterocycles. The van der Waals surface area contributed by atoms with Crippen LogP contribution in [0.1, 0.15) is 10.4 Å². The van der Waals surface area contributed by atoms with Crippen LogP contribution in [0.5, 0.6) is 0 Å². The highest BCUT2D eigenvalue weighted by Gasteiger charge is 2.05. The quantitative estimate of drug-likeness (QED) is 0.863. The number of benzene rings is 1. The largest absolute Gasteiger partial charge is 0.322 e. The van der Waals surface area contributed by atoms with Crippen LogP contribution in [0.15, 0.2) is 43.0 Å². The fourth-order valence-corrected chi connectivity index (χ4v) is 1.73. The number of aromatic nitrogens is 2. The maximum Gasteiger partial charge on any atom is 0.258 e. The number of amides is 1. The number of halogens is 1. The van der Waals surface area contributed by atoms with Crippen LogP contribution in [0.3, 0.4) is 0 Å². The number of hydrogen-bond acceptors (Lipinski definition) is 3. The monoisotopic (exact) mass is 325 g/mol. The summed E-state index contributed by atoms with van der Waals surface area (Å²) in [6.45, 7) is 0. The second kappa shape index (κ2) is 5.02. The third-order valence-electron chi connectivity index (χ3n) is 1.91. The first-order chi connectivity index (χ1) is 7.75. The summed E-state index contributed by atoms with van der Waals surface area (Å²) < 4.78 is 1.07. The predicted octanol–water partition coefficient (Wildman–Crippen LogP) is 2.33. The standard InChI is InChI=1S/C11H8IN3O/c12-9-2-1-3-10(4-9)15-11(16)8-5-13-7-14-6-8/h1-7H,(H,15,16). The van der Waals surface area contributed by atoms with E-state index in [0.717, 1.165) is 9.26 Å². The smallest absolute Gasteiger partial charge is 0.258 e. The Labute approximate surface area is 106 Å². The molecule has 1 N–H and O–H groups in total. The van der Waals surface area contributed by atoms with E-state index in [9.17, 15) is 4.79 Å². The van der Waals surface area contributed by atoms with Crippen molar-refractivity contribution in [3.8, 4) is 0 Å². The van der Waals surface area contributed by atoms with E-state index in [2.05, 4.69) is 37.9 Å². The van der Waals surface area contributed by atoms with Crippen LogP contribution in [-0.2, 0) is 0 Å². The summed E-state index contributed by atoms with van der Waals surface area (Å²) in [6, 6.07) is 7.58. The van der Waals surface area contributed by atoms with E-state index in [1.807, 2.05) is 24.3 Å². The third kappa shape index (κ3) is 2.75. The molecule has 1 aromatic carbocycles. The van der Waals surface area contributed by atoms with Crippen LogP contribution < -0.4 is 5.32 Å². The normalized spacial score (nSPS) is 9.81. The minimum Gasteiger partial charge on any atom is -0.322 e. The van der Waals surface area contributed by atoms with Crippen molar-refractivity contribution >= 4 is 34.2 Å². The molecule has 80 valence electrons. The number of anilines is 1. The molecular weight excluding hydrogens is 317 g/mol. The number of rotatable bonds is 2. The summed E-state index contributed by atoms with van der Waals surface area (Å²) in [5.41, 5.74) is 1.21. The SMILES string of the molecule is O=C(Nc1cccc(I)c1)c1cncnc1. The topological polar surface area (TPSA) is 54.9 Å². The zero-order valence-corrected chi connectivity index (χ0v) is 10.4. The molecule has 0 radical (unpaired) electrons. The van der Waals surface area contributed by atoms with Gasteiger partial charge >= 0.3 is 0 Å². The molecule has 0 bridgehead atoms. The molecule has 1 heterocycles. The average molecular weight is 325 g/mol. The van der Waals surface area contributed by atoms with E-state index in [4.69, 9.17) is 0 Å². The first-order valence-electron chi connectivity index (χ1n) is 4.57. The summed E-state index contributed by atoms with van der Waals surface area (Å²) in [4.78, 5) is 19.3. The minimum absolute atomic E-state index is 0.206. The summed E-state index contributed by atoms with van der Waals surface area (Å²) in [7, 11) is 0. The molecule has 0 unspecified atom stereocenters. The summed E-state index contributed by atoms with van der Waals surface area (Å²) >= 11 is 2.19. The molecule has 1 amide bonds. The van der Waals surface area contributed by atoms with E-state index >= 15 is 0 Å². The molecule has 0 atom stereocenters. The predicted molar refractivity (Wildman–Crippen MR) is 69.1 cm³/mol. The van der Waals surface area contributed by atoms with Crippen molar-refractivity contribution in [3.63, 3.8) is 0 Å². The van der Waals surface area contributed by atoms with E-state index in [1.165, 1.54) is 18.7 Å². The van der Waals surface area contributed by atoms with Crippen LogP contribution in [0.25, 0.3) is 0 Å². The number of hydrogen-bond donors (Lipinski definition) is 1. The minimum atomic E-state index is -0.206. The lowest BCUT2D eigenvalue weighted by molar-refractivity contribution is 0.102. The zero-order valence-electron chi connectivity index (χ0n) is 8.22. The van der Waals surface area contributed by atoms with Gasteiger partial charge < -0.3 is 5.32 Å². The summed E-state index contributed by atoms with van der Waals surface area (Å²) in [5, 5.41) is 2.78. The van der Waals surface area contributed by atoms with Gasteiger partial charge in [-0.05, 0) is 40.8 Å². The van der Waals surface area contributed by atoms with Crippen molar-refractivity contribution in [2.24, 2.45) is 0 Å². The Hall–Kier alpha value is -1.50. The molecule has 0 spiro atoms. The molecule has 2 rings (SSSR count).